The number of hydrogen-bond donors (Lipinski definition) is 1. The van der Waals surface area contributed by atoms with Crippen LogP contribution >= 0.6 is 0 Å². The zero-order chi connectivity index (χ0) is 3.58. The summed E-state index contributed by atoms with van der Waals surface area (Å²) in [6.07, 6.45) is 0. The minimum atomic E-state index is -0.833. The van der Waals surface area contributed by atoms with Gasteiger partial charge >= 0.3 is 37.7 Å². The van der Waals surface area contributed by atoms with E-state index in [1.165, 1.54) is 0 Å². The summed E-state index contributed by atoms with van der Waals surface area (Å²) in [4.78, 5) is 9.00. The molecule has 0 amide bonds. The predicted octanol–water partition coefficient (Wildman–Crippen LogP) is -1.25. The first kappa shape index (κ1) is 15.7. The van der Waals surface area contributed by atoms with Gasteiger partial charge in [-0.3, -0.25) is 4.79 Å². The van der Waals surface area contributed by atoms with Crippen molar-refractivity contribution in [2.45, 2.75) is 6.92 Å². The van der Waals surface area contributed by atoms with Crippen LogP contribution in [0.25, 0.3) is 0 Å². The van der Waals surface area contributed by atoms with Crippen LogP contribution in [-0.2, 0) is 4.79 Å². The molecule has 0 heterocycles. The van der Waals surface area contributed by atoms with Gasteiger partial charge in [0.25, 0.3) is 5.97 Å². The Morgan fingerprint density at radius 1 is 1.83 bits per heavy atom. The van der Waals surface area contributed by atoms with E-state index in [0.717, 1.165) is 6.92 Å². The van der Waals surface area contributed by atoms with Gasteiger partial charge in [-0.25, -0.2) is 0 Å². The van der Waals surface area contributed by atoms with Crippen molar-refractivity contribution in [3.8, 4) is 0 Å². The Kier molecular flexibility index (Phi) is 24.9. The minimum Gasteiger partial charge on any atom is -1.00 e. The van der Waals surface area contributed by atoms with Crippen molar-refractivity contribution in [3.05, 3.63) is 0 Å². The van der Waals surface area contributed by atoms with Crippen LogP contribution in [0.4, 0.5) is 0 Å². The third-order valence-electron chi connectivity index (χ3n) is 0. The molecule has 0 spiro atoms. The summed E-state index contributed by atoms with van der Waals surface area (Å²) in [6, 6.07) is 0. The molecule has 34 valence electrons. The molecule has 4 heteroatoms. The van der Waals surface area contributed by atoms with Crippen molar-refractivity contribution in [3.63, 3.8) is 0 Å². The molecule has 0 aliphatic rings. The van der Waals surface area contributed by atoms with Crippen LogP contribution in [0.2, 0.25) is 0 Å². The average Bonchev–Trinajstić information content (AvgIpc) is 0.811. The fraction of sp³-hybridized carbons (Fsp3) is 0.500. The van der Waals surface area contributed by atoms with Gasteiger partial charge in [0, 0.05) is 6.92 Å². The number of rotatable bonds is 0. The largest absolute Gasteiger partial charge is 2.00 e. The van der Waals surface area contributed by atoms with Gasteiger partial charge in [-0.15, -0.1) is 0 Å². The predicted molar refractivity (Wildman–Crippen MR) is 31.2 cm³/mol. The van der Waals surface area contributed by atoms with Gasteiger partial charge in [-0.2, -0.15) is 0 Å². The maximum Gasteiger partial charge on any atom is 2.00 e. The third-order valence-corrected chi connectivity index (χ3v) is 0. The van der Waals surface area contributed by atoms with E-state index in [9.17, 15) is 0 Å². The van der Waals surface area contributed by atoms with E-state index in [4.69, 9.17) is 9.90 Å². The SMILES string of the molecule is CC(=O)O.[AlH3].[Ca+2].[H-].[H-]. The van der Waals surface area contributed by atoms with Crippen molar-refractivity contribution in [1.29, 1.82) is 0 Å². The summed E-state index contributed by atoms with van der Waals surface area (Å²) < 4.78 is 0. The minimum absolute atomic E-state index is 0. The van der Waals surface area contributed by atoms with Crippen LogP contribution < -0.4 is 0 Å². The Morgan fingerprint density at radius 3 is 1.83 bits per heavy atom. The van der Waals surface area contributed by atoms with Crippen molar-refractivity contribution < 1.29 is 12.8 Å². The second-order valence-electron chi connectivity index (χ2n) is 0.519. The fourth-order valence-electron chi connectivity index (χ4n) is 0. The number of carboxylic acids is 1. The summed E-state index contributed by atoms with van der Waals surface area (Å²) in [5, 5.41) is 7.42. The van der Waals surface area contributed by atoms with Crippen LogP contribution in [-0.4, -0.2) is 66.2 Å². The van der Waals surface area contributed by atoms with E-state index in [1.807, 2.05) is 0 Å². The Labute approximate surface area is 80.0 Å². The molecule has 0 aromatic carbocycles. The van der Waals surface area contributed by atoms with Crippen LogP contribution in [0.5, 0.6) is 0 Å². The van der Waals surface area contributed by atoms with Crippen molar-refractivity contribution in [1.82, 2.24) is 0 Å². The van der Waals surface area contributed by atoms with E-state index in [0.29, 0.717) is 0 Å². The zero-order valence-corrected chi connectivity index (χ0v) is 5.27. The van der Waals surface area contributed by atoms with Crippen LogP contribution in [0.1, 0.15) is 9.78 Å². The smallest absolute Gasteiger partial charge is 1.00 e. The summed E-state index contributed by atoms with van der Waals surface area (Å²) in [5.41, 5.74) is 0. The molecular formula is C2H9AlCaO2. The molecule has 0 aliphatic carbocycles. The van der Waals surface area contributed by atoms with E-state index in [-0.39, 0.29) is 58.0 Å². The molecule has 0 rings (SSSR count). The normalized spacial score (nSPS) is 4.17. The van der Waals surface area contributed by atoms with Gasteiger partial charge in [-0.1, -0.05) is 0 Å². The second-order valence-corrected chi connectivity index (χ2v) is 0.519. The van der Waals surface area contributed by atoms with E-state index < -0.39 is 5.97 Å². The Morgan fingerprint density at radius 2 is 1.83 bits per heavy atom. The first-order valence-electron chi connectivity index (χ1n) is 0.928. The molecule has 0 fully saturated rings. The third kappa shape index (κ3) is 60.0. The number of carboxylic acid groups (broad SMARTS) is 1. The summed E-state index contributed by atoms with van der Waals surface area (Å²) in [6.45, 7) is 1.08. The summed E-state index contributed by atoms with van der Waals surface area (Å²) in [7, 11) is 0. The maximum atomic E-state index is 9.00. The Hall–Kier alpha value is 1.26. The second kappa shape index (κ2) is 9.55. The van der Waals surface area contributed by atoms with Crippen molar-refractivity contribution in [2.24, 2.45) is 0 Å². The van der Waals surface area contributed by atoms with Crippen LogP contribution in [0.3, 0.4) is 0 Å². The van der Waals surface area contributed by atoms with Gasteiger partial charge < -0.3 is 7.96 Å². The fourth-order valence-corrected chi connectivity index (χ4v) is 0. The number of aliphatic carboxylic acids is 1. The van der Waals surface area contributed by atoms with Gasteiger partial charge in [0.2, 0.25) is 0 Å². The maximum absolute atomic E-state index is 9.00. The first-order chi connectivity index (χ1) is 1.73. The van der Waals surface area contributed by atoms with Gasteiger partial charge in [0.15, 0.2) is 17.4 Å². The van der Waals surface area contributed by atoms with Crippen LogP contribution in [0.15, 0.2) is 0 Å². The van der Waals surface area contributed by atoms with E-state index in [2.05, 4.69) is 0 Å². The van der Waals surface area contributed by atoms with E-state index in [1.54, 1.807) is 0 Å². The standard InChI is InChI=1S/C2H4O2.Al.Ca.5H/c1-2(3)4;;;;;;;/h1H3,(H,3,4);;;;;;;/q;;+2;;;;2*-1. The molecule has 1 N–H and O–H groups in total. The quantitative estimate of drug-likeness (QED) is 0.418. The Balaban J connectivity index is -0.00000000750. The van der Waals surface area contributed by atoms with Crippen molar-refractivity contribution >= 4 is 61.1 Å². The molecule has 6 heavy (non-hydrogen) atoms. The van der Waals surface area contributed by atoms with Gasteiger partial charge in [0.1, 0.15) is 0 Å². The molecule has 2 nitrogen and oxygen atoms in total. The zero-order valence-electron chi connectivity index (χ0n) is 5.06. The molecule has 0 aromatic rings. The molecule has 0 saturated heterocycles. The van der Waals surface area contributed by atoms with E-state index >= 15 is 0 Å². The summed E-state index contributed by atoms with van der Waals surface area (Å²) >= 11 is 0. The molecular weight excluding hydrogens is 123 g/mol. The first-order valence-corrected chi connectivity index (χ1v) is 0.928. The summed E-state index contributed by atoms with van der Waals surface area (Å²) in [5.74, 6) is -0.833. The molecule has 0 unspecified atom stereocenters. The Bertz CT molecular complexity index is 41.0. The molecule has 0 aliphatic heterocycles. The average molecular weight is 132 g/mol. The van der Waals surface area contributed by atoms with Crippen molar-refractivity contribution in [2.75, 3.05) is 0 Å². The molecule has 0 bridgehead atoms. The monoisotopic (exact) mass is 132 g/mol. The molecule has 0 aromatic heterocycles. The number of hydrogen-bond acceptors (Lipinski definition) is 1. The van der Waals surface area contributed by atoms with Gasteiger partial charge in [-0.05, 0) is 0 Å². The molecule has 0 atom stereocenters. The molecule has 0 saturated carbocycles. The van der Waals surface area contributed by atoms with Gasteiger partial charge in [0.05, 0.1) is 0 Å². The topological polar surface area (TPSA) is 37.3 Å². The number of carbonyl (C=O) groups is 1. The molecule has 0 radical (unpaired) electrons. The van der Waals surface area contributed by atoms with Crippen LogP contribution in [0, 0.1) is 0 Å².